The molecule has 0 radical (unpaired) electrons. The van der Waals surface area contributed by atoms with Crippen molar-refractivity contribution in [3.05, 3.63) is 101 Å². The molecule has 6 nitrogen and oxygen atoms in total. The van der Waals surface area contributed by atoms with Crippen LogP contribution in [0.3, 0.4) is 0 Å². The smallest absolute Gasteiger partial charge is 0.272 e. The molecule has 1 atom stereocenters. The molecule has 0 aliphatic carbocycles. The van der Waals surface area contributed by atoms with Crippen molar-refractivity contribution in [3.63, 3.8) is 0 Å². The number of aryl methyl sites for hydroxylation is 1. The highest BCUT2D eigenvalue weighted by molar-refractivity contribution is 6.21. The van der Waals surface area contributed by atoms with E-state index in [1.54, 1.807) is 11.1 Å². The van der Waals surface area contributed by atoms with Crippen LogP contribution in [0.4, 0.5) is 5.69 Å². The van der Waals surface area contributed by atoms with Crippen LogP contribution in [0.1, 0.15) is 33.5 Å². The van der Waals surface area contributed by atoms with Gasteiger partial charge in [-0.3, -0.25) is 9.59 Å². The van der Waals surface area contributed by atoms with Gasteiger partial charge in [0.15, 0.2) is 0 Å². The van der Waals surface area contributed by atoms with Gasteiger partial charge in [-0.1, -0.05) is 66.7 Å². The lowest BCUT2D eigenvalue weighted by Crippen LogP contribution is -2.48. The van der Waals surface area contributed by atoms with Gasteiger partial charge in [0.1, 0.15) is 0 Å². The molecule has 6 heteroatoms. The Morgan fingerprint density at radius 2 is 1.82 bits per heavy atom. The monoisotopic (exact) mass is 434 g/mol. The zero-order valence-electron chi connectivity index (χ0n) is 17.9. The number of aromatic amines is 1. The van der Waals surface area contributed by atoms with Crippen LogP contribution in [-0.2, 0) is 11.2 Å². The second kappa shape index (κ2) is 7.74. The van der Waals surface area contributed by atoms with Crippen LogP contribution in [0, 0.1) is 0 Å². The molecule has 6 rings (SSSR count). The molecule has 0 fully saturated rings. The van der Waals surface area contributed by atoms with E-state index in [4.69, 9.17) is 4.99 Å². The number of carbonyl (C=O) groups is 2. The summed E-state index contributed by atoms with van der Waals surface area (Å²) in [5.41, 5.74) is 5.98. The Balaban J connectivity index is 1.46. The quantitative estimate of drug-likeness (QED) is 0.510. The zero-order chi connectivity index (χ0) is 22.4. The van der Waals surface area contributed by atoms with Crippen molar-refractivity contribution in [2.45, 2.75) is 19.0 Å². The fourth-order valence-electron chi connectivity index (χ4n) is 4.85. The molecular weight excluding hydrogens is 412 g/mol. The van der Waals surface area contributed by atoms with Crippen LogP contribution in [0.25, 0.3) is 10.9 Å². The van der Waals surface area contributed by atoms with Gasteiger partial charge in [0.2, 0.25) is 6.17 Å². The lowest BCUT2D eigenvalue weighted by atomic mass is 9.93. The highest BCUT2D eigenvalue weighted by Gasteiger charge is 2.36. The minimum atomic E-state index is -1.01. The van der Waals surface area contributed by atoms with Crippen molar-refractivity contribution in [2.24, 2.45) is 4.99 Å². The van der Waals surface area contributed by atoms with Crippen molar-refractivity contribution < 1.29 is 9.59 Å². The average Bonchev–Trinajstić information content (AvgIpc) is 3.26. The van der Waals surface area contributed by atoms with Crippen molar-refractivity contribution in [2.75, 3.05) is 11.4 Å². The molecule has 0 spiro atoms. The lowest BCUT2D eigenvalue weighted by Gasteiger charge is -2.31. The first-order chi connectivity index (χ1) is 16.2. The number of nitrogens with zero attached hydrogens (tertiary/aromatic N) is 2. The maximum Gasteiger partial charge on any atom is 0.272 e. The Labute approximate surface area is 191 Å². The van der Waals surface area contributed by atoms with Gasteiger partial charge in [-0.2, -0.15) is 0 Å². The Hall–Kier alpha value is -4.19. The summed E-state index contributed by atoms with van der Waals surface area (Å²) in [6.07, 6.45) is 2.46. The van der Waals surface area contributed by atoms with E-state index < -0.39 is 6.17 Å². The molecule has 1 aromatic heterocycles. The zero-order valence-corrected chi connectivity index (χ0v) is 17.9. The molecule has 0 bridgehead atoms. The Bertz CT molecular complexity index is 1420. The number of anilines is 1. The molecule has 33 heavy (non-hydrogen) atoms. The van der Waals surface area contributed by atoms with Crippen LogP contribution in [0.15, 0.2) is 84.0 Å². The lowest BCUT2D eigenvalue weighted by molar-refractivity contribution is -0.120. The molecule has 4 aromatic rings. The van der Waals surface area contributed by atoms with Gasteiger partial charge in [-0.25, -0.2) is 4.99 Å². The molecule has 2 amide bonds. The molecule has 2 N–H and O–H groups in total. The number of hydrogen-bond acceptors (Lipinski definition) is 3. The first-order valence-corrected chi connectivity index (χ1v) is 11.1. The van der Waals surface area contributed by atoms with Crippen LogP contribution in [0.2, 0.25) is 0 Å². The summed E-state index contributed by atoms with van der Waals surface area (Å²) in [6.45, 7) is 0.611. The van der Waals surface area contributed by atoms with Gasteiger partial charge < -0.3 is 15.2 Å². The minimum absolute atomic E-state index is 0.206. The maximum absolute atomic E-state index is 13.7. The molecule has 0 unspecified atom stereocenters. The molecule has 3 heterocycles. The van der Waals surface area contributed by atoms with Crippen LogP contribution >= 0.6 is 0 Å². The van der Waals surface area contributed by atoms with Gasteiger partial charge in [0, 0.05) is 34.8 Å². The molecule has 3 aromatic carbocycles. The second-order valence-electron chi connectivity index (χ2n) is 8.37. The number of rotatable bonds is 3. The van der Waals surface area contributed by atoms with E-state index >= 15 is 0 Å². The Morgan fingerprint density at radius 3 is 2.70 bits per heavy atom. The number of H-pyrrole nitrogens is 1. The fourth-order valence-corrected chi connectivity index (χ4v) is 4.85. The number of amides is 2. The predicted molar refractivity (Wildman–Crippen MR) is 129 cm³/mol. The van der Waals surface area contributed by atoms with E-state index in [1.807, 2.05) is 66.7 Å². The third-order valence-corrected chi connectivity index (χ3v) is 6.38. The first kappa shape index (κ1) is 19.5. The van der Waals surface area contributed by atoms with Gasteiger partial charge in [-0.05, 0) is 24.5 Å². The molecule has 2 aliphatic rings. The van der Waals surface area contributed by atoms with E-state index in [9.17, 15) is 9.59 Å². The number of aliphatic imine (C=N–C) groups is 1. The average molecular weight is 434 g/mol. The number of fused-ring (bicyclic) bond motifs is 1. The summed E-state index contributed by atoms with van der Waals surface area (Å²) >= 11 is 0. The number of para-hydroxylation sites is 2. The minimum Gasteiger partial charge on any atom is -0.360 e. The summed E-state index contributed by atoms with van der Waals surface area (Å²) in [7, 11) is 0. The van der Waals surface area contributed by atoms with E-state index in [0.717, 1.165) is 51.8 Å². The standard InChI is InChI=1S/C27H22N4O2/c32-26(21-16-28-22-14-5-4-12-19(21)22)30-25-27(33)31-15-7-11-18-10-6-13-20(24(18)31)23(29-25)17-8-2-1-3-9-17/h1-6,8-10,12-14,16,25,28H,7,11,15H2,(H,30,32)/t25-/m1/s1. The highest BCUT2D eigenvalue weighted by atomic mass is 16.2. The molecule has 0 saturated heterocycles. The SMILES string of the molecule is O=C(N[C@H]1N=C(c2ccccc2)c2cccc3c2N(CCC3)C1=O)c1c[nH]c2ccccc12. The summed E-state index contributed by atoms with van der Waals surface area (Å²) in [5.74, 6) is -0.535. The molecule has 0 saturated carbocycles. The third kappa shape index (κ3) is 3.22. The highest BCUT2D eigenvalue weighted by Crippen LogP contribution is 2.35. The predicted octanol–water partition coefficient (Wildman–Crippen LogP) is 4.05. The van der Waals surface area contributed by atoms with E-state index in [-0.39, 0.29) is 11.8 Å². The fraction of sp³-hybridized carbons (Fsp3) is 0.148. The number of hydrogen-bond donors (Lipinski definition) is 2. The van der Waals surface area contributed by atoms with Crippen LogP contribution in [0.5, 0.6) is 0 Å². The van der Waals surface area contributed by atoms with Crippen molar-refractivity contribution in [1.82, 2.24) is 10.3 Å². The molecular formula is C27H22N4O2. The maximum atomic E-state index is 13.7. The topological polar surface area (TPSA) is 77.6 Å². The van der Waals surface area contributed by atoms with Gasteiger partial charge in [0.05, 0.1) is 17.0 Å². The first-order valence-electron chi connectivity index (χ1n) is 11.1. The molecule has 2 aliphatic heterocycles. The number of aromatic nitrogens is 1. The van der Waals surface area contributed by atoms with Gasteiger partial charge in [-0.15, -0.1) is 0 Å². The molecule has 162 valence electrons. The number of benzene rings is 3. The van der Waals surface area contributed by atoms with E-state index in [1.165, 1.54) is 0 Å². The summed E-state index contributed by atoms with van der Waals surface area (Å²) in [6, 6.07) is 23.6. The summed E-state index contributed by atoms with van der Waals surface area (Å²) in [5, 5.41) is 3.72. The Morgan fingerprint density at radius 1 is 1.00 bits per heavy atom. The second-order valence-corrected chi connectivity index (χ2v) is 8.37. The van der Waals surface area contributed by atoms with E-state index in [0.29, 0.717) is 12.1 Å². The normalized spacial score (nSPS) is 17.3. The van der Waals surface area contributed by atoms with Gasteiger partial charge >= 0.3 is 0 Å². The van der Waals surface area contributed by atoms with Crippen molar-refractivity contribution in [1.29, 1.82) is 0 Å². The largest absolute Gasteiger partial charge is 0.360 e. The van der Waals surface area contributed by atoms with E-state index in [2.05, 4.69) is 16.4 Å². The van der Waals surface area contributed by atoms with Crippen molar-refractivity contribution >= 4 is 34.1 Å². The van der Waals surface area contributed by atoms with Crippen LogP contribution in [-0.4, -0.2) is 35.2 Å². The number of carbonyl (C=O) groups excluding carboxylic acids is 2. The van der Waals surface area contributed by atoms with Crippen molar-refractivity contribution in [3.8, 4) is 0 Å². The van der Waals surface area contributed by atoms with Crippen LogP contribution < -0.4 is 10.2 Å². The number of nitrogens with one attached hydrogen (secondary N) is 2. The Kier molecular flexibility index (Phi) is 4.57. The summed E-state index contributed by atoms with van der Waals surface area (Å²) in [4.78, 5) is 36.7. The third-order valence-electron chi connectivity index (χ3n) is 6.38. The van der Waals surface area contributed by atoms with Gasteiger partial charge in [0.25, 0.3) is 11.8 Å². The summed E-state index contributed by atoms with van der Waals surface area (Å²) < 4.78 is 0.